The summed E-state index contributed by atoms with van der Waals surface area (Å²) in [5.41, 5.74) is 3.10. The Morgan fingerprint density at radius 2 is 2.08 bits per heavy atom. The van der Waals surface area contributed by atoms with Crippen LogP contribution in [-0.2, 0) is 11.2 Å². The number of hydrogen-bond donors (Lipinski definition) is 3. The summed E-state index contributed by atoms with van der Waals surface area (Å²) in [5, 5.41) is 10.6. The molecule has 0 bridgehead atoms. The molecule has 3 aromatic heterocycles. The fourth-order valence-corrected chi connectivity index (χ4v) is 2.60. The standard InChI is InChI=1S/C16H18N6O2/c1-8-12(16(24)19-10(3)18-8)4-5-14(23)20-11-6-13-9(2)21-22-15(13)17-7-11/h6-7H,4-5H2,1-3H3,(H,20,23)(H,17,21,22)(H,18,19,24). The van der Waals surface area contributed by atoms with E-state index in [-0.39, 0.29) is 17.9 Å². The van der Waals surface area contributed by atoms with Gasteiger partial charge in [0.15, 0.2) is 5.65 Å². The van der Waals surface area contributed by atoms with Crippen molar-refractivity contribution >= 4 is 22.6 Å². The van der Waals surface area contributed by atoms with E-state index < -0.39 is 0 Å². The van der Waals surface area contributed by atoms with E-state index >= 15 is 0 Å². The van der Waals surface area contributed by atoms with Crippen LogP contribution in [0, 0.1) is 20.8 Å². The summed E-state index contributed by atoms with van der Waals surface area (Å²) in [6.07, 6.45) is 2.09. The molecule has 3 N–H and O–H groups in total. The highest BCUT2D eigenvalue weighted by atomic mass is 16.1. The average Bonchev–Trinajstić information content (AvgIpc) is 2.87. The van der Waals surface area contributed by atoms with Gasteiger partial charge in [-0.2, -0.15) is 5.10 Å². The highest BCUT2D eigenvalue weighted by Gasteiger charge is 2.11. The first-order valence-electron chi connectivity index (χ1n) is 7.61. The minimum absolute atomic E-state index is 0.184. The molecule has 0 saturated carbocycles. The summed E-state index contributed by atoms with van der Waals surface area (Å²) in [7, 11) is 0. The number of amides is 1. The normalized spacial score (nSPS) is 11.0. The average molecular weight is 326 g/mol. The zero-order chi connectivity index (χ0) is 17.3. The van der Waals surface area contributed by atoms with Crippen molar-refractivity contribution in [3.63, 3.8) is 0 Å². The van der Waals surface area contributed by atoms with Gasteiger partial charge in [0.1, 0.15) is 5.82 Å². The summed E-state index contributed by atoms with van der Waals surface area (Å²) >= 11 is 0. The molecule has 124 valence electrons. The molecular formula is C16H18N6O2. The molecule has 0 fully saturated rings. The van der Waals surface area contributed by atoms with Gasteiger partial charge in [-0.25, -0.2) is 9.97 Å². The van der Waals surface area contributed by atoms with Gasteiger partial charge < -0.3 is 10.3 Å². The number of nitrogens with one attached hydrogen (secondary N) is 3. The van der Waals surface area contributed by atoms with E-state index in [9.17, 15) is 9.59 Å². The Morgan fingerprint density at radius 1 is 1.29 bits per heavy atom. The minimum Gasteiger partial charge on any atom is -0.325 e. The highest BCUT2D eigenvalue weighted by molar-refractivity contribution is 5.93. The van der Waals surface area contributed by atoms with Gasteiger partial charge in [-0.1, -0.05) is 0 Å². The van der Waals surface area contributed by atoms with Crippen molar-refractivity contribution in [2.24, 2.45) is 0 Å². The lowest BCUT2D eigenvalue weighted by Crippen LogP contribution is -2.20. The summed E-state index contributed by atoms with van der Waals surface area (Å²) in [6, 6.07) is 1.82. The van der Waals surface area contributed by atoms with E-state index in [1.165, 1.54) is 0 Å². The number of H-pyrrole nitrogens is 2. The van der Waals surface area contributed by atoms with Gasteiger partial charge in [0, 0.05) is 28.8 Å². The molecule has 3 aromatic rings. The Bertz CT molecular complexity index is 972. The smallest absolute Gasteiger partial charge is 0.254 e. The number of anilines is 1. The van der Waals surface area contributed by atoms with E-state index in [1.807, 2.05) is 13.0 Å². The Kier molecular flexibility index (Phi) is 4.11. The number of rotatable bonds is 4. The van der Waals surface area contributed by atoms with Crippen molar-refractivity contribution in [2.45, 2.75) is 33.6 Å². The maximum absolute atomic E-state index is 12.1. The first-order valence-corrected chi connectivity index (χ1v) is 7.61. The third-order valence-corrected chi connectivity index (χ3v) is 3.83. The lowest BCUT2D eigenvalue weighted by atomic mass is 10.1. The number of aromatic amines is 2. The number of aryl methyl sites for hydroxylation is 3. The number of carbonyl (C=O) groups excluding carboxylic acids is 1. The number of fused-ring (bicyclic) bond motifs is 1. The SMILES string of the molecule is Cc1nc(C)c(CCC(=O)Nc2cnc3n[nH]c(C)c3c2)c(=O)[nH]1. The van der Waals surface area contributed by atoms with E-state index in [2.05, 4.69) is 30.5 Å². The van der Waals surface area contributed by atoms with Gasteiger partial charge in [0.05, 0.1) is 11.9 Å². The van der Waals surface area contributed by atoms with Crippen LogP contribution < -0.4 is 10.9 Å². The molecule has 24 heavy (non-hydrogen) atoms. The monoisotopic (exact) mass is 326 g/mol. The second-order valence-corrected chi connectivity index (χ2v) is 5.71. The molecule has 3 heterocycles. The minimum atomic E-state index is -0.190. The van der Waals surface area contributed by atoms with E-state index in [0.717, 1.165) is 11.1 Å². The van der Waals surface area contributed by atoms with Crippen molar-refractivity contribution in [3.8, 4) is 0 Å². The fourth-order valence-electron chi connectivity index (χ4n) is 2.60. The molecule has 0 atom stereocenters. The zero-order valence-electron chi connectivity index (χ0n) is 13.7. The molecule has 0 aliphatic heterocycles. The predicted octanol–water partition coefficient (Wildman–Crippen LogP) is 1.54. The predicted molar refractivity (Wildman–Crippen MR) is 89.9 cm³/mol. The van der Waals surface area contributed by atoms with Crippen molar-refractivity contribution < 1.29 is 4.79 Å². The first-order chi connectivity index (χ1) is 11.4. The van der Waals surface area contributed by atoms with Gasteiger partial charge in [-0.15, -0.1) is 0 Å². The number of aromatic nitrogens is 5. The van der Waals surface area contributed by atoms with Crippen LogP contribution in [0.5, 0.6) is 0 Å². The molecule has 0 unspecified atom stereocenters. The topological polar surface area (TPSA) is 116 Å². The molecule has 0 aromatic carbocycles. The zero-order valence-corrected chi connectivity index (χ0v) is 13.7. The molecule has 8 nitrogen and oxygen atoms in total. The number of pyridine rings is 1. The van der Waals surface area contributed by atoms with Crippen LogP contribution in [0.3, 0.4) is 0 Å². The van der Waals surface area contributed by atoms with Gasteiger partial charge in [0.2, 0.25) is 5.91 Å². The number of nitrogens with zero attached hydrogens (tertiary/aromatic N) is 3. The number of hydrogen-bond acceptors (Lipinski definition) is 5. The Morgan fingerprint density at radius 3 is 2.83 bits per heavy atom. The Labute approximate surface area is 137 Å². The molecule has 0 spiro atoms. The van der Waals surface area contributed by atoms with Crippen LogP contribution >= 0.6 is 0 Å². The maximum atomic E-state index is 12.1. The Hall–Kier alpha value is -3.03. The van der Waals surface area contributed by atoms with Crippen molar-refractivity contribution in [1.29, 1.82) is 0 Å². The van der Waals surface area contributed by atoms with Gasteiger partial charge in [-0.3, -0.25) is 14.7 Å². The van der Waals surface area contributed by atoms with Crippen LogP contribution in [0.15, 0.2) is 17.1 Å². The fraction of sp³-hybridized carbons (Fsp3) is 0.312. The van der Waals surface area contributed by atoms with Crippen LogP contribution in [-0.4, -0.2) is 31.1 Å². The third kappa shape index (κ3) is 3.17. The van der Waals surface area contributed by atoms with E-state index in [4.69, 9.17) is 0 Å². The van der Waals surface area contributed by atoms with E-state index in [0.29, 0.717) is 34.8 Å². The van der Waals surface area contributed by atoms with Gasteiger partial charge in [-0.05, 0) is 33.3 Å². The maximum Gasteiger partial charge on any atom is 0.254 e. The molecule has 0 saturated heterocycles. The molecule has 0 aliphatic carbocycles. The molecular weight excluding hydrogens is 308 g/mol. The van der Waals surface area contributed by atoms with Gasteiger partial charge >= 0.3 is 0 Å². The number of carbonyl (C=O) groups is 1. The largest absolute Gasteiger partial charge is 0.325 e. The van der Waals surface area contributed by atoms with Crippen molar-refractivity contribution in [3.05, 3.63) is 45.4 Å². The first kappa shape index (κ1) is 15.9. The summed E-state index contributed by atoms with van der Waals surface area (Å²) in [6.45, 7) is 5.39. The van der Waals surface area contributed by atoms with Crippen LogP contribution in [0.4, 0.5) is 5.69 Å². The second kappa shape index (κ2) is 6.23. The summed E-state index contributed by atoms with van der Waals surface area (Å²) in [5.74, 6) is 0.386. The molecule has 8 heteroatoms. The van der Waals surface area contributed by atoms with Crippen molar-refractivity contribution in [2.75, 3.05) is 5.32 Å². The molecule has 1 amide bonds. The summed E-state index contributed by atoms with van der Waals surface area (Å²) < 4.78 is 0. The molecule has 0 radical (unpaired) electrons. The van der Waals surface area contributed by atoms with Crippen LogP contribution in [0.1, 0.15) is 29.2 Å². The van der Waals surface area contributed by atoms with Crippen LogP contribution in [0.25, 0.3) is 11.0 Å². The van der Waals surface area contributed by atoms with E-state index in [1.54, 1.807) is 20.0 Å². The highest BCUT2D eigenvalue weighted by Crippen LogP contribution is 2.17. The van der Waals surface area contributed by atoms with Crippen LogP contribution in [0.2, 0.25) is 0 Å². The van der Waals surface area contributed by atoms with Gasteiger partial charge in [0.25, 0.3) is 5.56 Å². The second-order valence-electron chi connectivity index (χ2n) is 5.71. The van der Waals surface area contributed by atoms with Crippen molar-refractivity contribution in [1.82, 2.24) is 25.1 Å². The molecule has 3 rings (SSSR count). The lowest BCUT2D eigenvalue weighted by molar-refractivity contribution is -0.116. The quantitative estimate of drug-likeness (QED) is 0.672. The third-order valence-electron chi connectivity index (χ3n) is 3.83. The molecule has 0 aliphatic rings. The summed E-state index contributed by atoms with van der Waals surface area (Å²) in [4.78, 5) is 35.2. The Balaban J connectivity index is 1.69. The lowest BCUT2D eigenvalue weighted by Gasteiger charge is -2.07.